The highest BCUT2D eigenvalue weighted by molar-refractivity contribution is 5.80. The molecule has 2 aromatic carbocycles. The highest BCUT2D eigenvalue weighted by atomic mass is 16.5. The van der Waals surface area contributed by atoms with Gasteiger partial charge in [0, 0.05) is 19.3 Å². The van der Waals surface area contributed by atoms with Crippen molar-refractivity contribution in [2.24, 2.45) is 0 Å². The zero-order valence-electron chi connectivity index (χ0n) is 13.9. The molecule has 0 spiro atoms. The molecule has 0 heterocycles. The molecular weight excluding hydrogens is 300 g/mol. The number of ketones is 1. The smallest absolute Gasteiger partial charge is 0.306 e. The topological polar surface area (TPSA) is 43.4 Å². The van der Waals surface area contributed by atoms with Crippen LogP contribution in [0.5, 0.6) is 0 Å². The van der Waals surface area contributed by atoms with Gasteiger partial charge in [-0.3, -0.25) is 9.59 Å². The van der Waals surface area contributed by atoms with Gasteiger partial charge in [-0.15, -0.1) is 0 Å². The van der Waals surface area contributed by atoms with Crippen LogP contribution in [-0.2, 0) is 27.4 Å². The first-order chi connectivity index (χ1) is 11.7. The fraction of sp³-hybridized carbons (Fsp3) is 0.333. The first kappa shape index (κ1) is 17.9. The second kappa shape index (κ2) is 10.4. The Kier molecular flexibility index (Phi) is 7.75. The normalized spacial score (nSPS) is 10.3. The lowest BCUT2D eigenvalue weighted by atomic mass is 10.0. The number of carbonyl (C=O) groups excluding carboxylic acids is 2. The number of Topliss-reactive ketones (excluding diaryl/α,β-unsaturated/α-hetero) is 1. The Morgan fingerprint density at radius 3 is 1.96 bits per heavy atom. The zero-order chi connectivity index (χ0) is 17.0. The molecule has 0 atom stereocenters. The summed E-state index contributed by atoms with van der Waals surface area (Å²) in [6, 6.07) is 19.5. The van der Waals surface area contributed by atoms with Crippen LogP contribution < -0.4 is 0 Å². The molecule has 0 aliphatic rings. The number of ether oxygens (including phenoxy) is 1. The minimum absolute atomic E-state index is 0.172. The summed E-state index contributed by atoms with van der Waals surface area (Å²) in [5.74, 6) is 0.0855. The lowest BCUT2D eigenvalue weighted by molar-refractivity contribution is -0.145. The Balaban J connectivity index is 1.51. The van der Waals surface area contributed by atoms with E-state index in [1.807, 2.05) is 60.7 Å². The number of hydrogen-bond donors (Lipinski definition) is 0. The summed E-state index contributed by atoms with van der Waals surface area (Å²) in [5, 5.41) is 0. The van der Waals surface area contributed by atoms with Crippen LogP contribution in [0.4, 0.5) is 0 Å². The van der Waals surface area contributed by atoms with Gasteiger partial charge in [-0.1, -0.05) is 67.1 Å². The zero-order valence-corrected chi connectivity index (χ0v) is 13.9. The fourth-order valence-electron chi connectivity index (χ4n) is 2.49. The first-order valence-electron chi connectivity index (χ1n) is 8.49. The predicted octanol–water partition coefficient (Wildman–Crippen LogP) is 4.49. The molecule has 3 heteroatoms. The number of benzene rings is 2. The van der Waals surface area contributed by atoms with E-state index < -0.39 is 0 Å². The fourth-order valence-corrected chi connectivity index (χ4v) is 2.49. The lowest BCUT2D eigenvalue weighted by Gasteiger charge is -2.05. The van der Waals surface area contributed by atoms with Gasteiger partial charge in [-0.05, 0) is 24.0 Å². The van der Waals surface area contributed by atoms with Crippen LogP contribution in [0.2, 0.25) is 0 Å². The first-order valence-corrected chi connectivity index (χ1v) is 8.49. The quantitative estimate of drug-likeness (QED) is 0.477. The largest absolute Gasteiger partial charge is 0.461 e. The molecule has 0 bridgehead atoms. The number of rotatable bonds is 10. The van der Waals surface area contributed by atoms with Crippen molar-refractivity contribution in [1.82, 2.24) is 0 Å². The second-order valence-electron chi connectivity index (χ2n) is 5.91. The maximum Gasteiger partial charge on any atom is 0.306 e. The van der Waals surface area contributed by atoms with Crippen LogP contribution >= 0.6 is 0 Å². The molecule has 0 amide bonds. The monoisotopic (exact) mass is 324 g/mol. The minimum atomic E-state index is -0.172. The summed E-state index contributed by atoms with van der Waals surface area (Å²) >= 11 is 0. The van der Waals surface area contributed by atoms with Crippen molar-refractivity contribution in [3.63, 3.8) is 0 Å². The molecule has 0 N–H and O–H groups in total. The van der Waals surface area contributed by atoms with Gasteiger partial charge in [0.25, 0.3) is 0 Å². The van der Waals surface area contributed by atoms with Gasteiger partial charge in [0.1, 0.15) is 12.4 Å². The molecule has 0 unspecified atom stereocenters. The number of carbonyl (C=O) groups is 2. The van der Waals surface area contributed by atoms with Crippen molar-refractivity contribution in [1.29, 1.82) is 0 Å². The molecule has 3 nitrogen and oxygen atoms in total. The van der Waals surface area contributed by atoms with E-state index in [-0.39, 0.29) is 11.8 Å². The SMILES string of the molecule is O=C(CCCCCC(=O)OCc1ccccc1)Cc1ccccc1. The molecule has 0 aliphatic heterocycles. The van der Waals surface area contributed by atoms with E-state index in [2.05, 4.69) is 0 Å². The predicted molar refractivity (Wildman–Crippen MR) is 94.5 cm³/mol. The van der Waals surface area contributed by atoms with Crippen LogP contribution in [0.25, 0.3) is 0 Å². The molecule has 0 fully saturated rings. The van der Waals surface area contributed by atoms with Crippen molar-refractivity contribution in [2.75, 3.05) is 0 Å². The average molecular weight is 324 g/mol. The molecule has 2 rings (SSSR count). The highest BCUT2D eigenvalue weighted by Crippen LogP contribution is 2.09. The summed E-state index contributed by atoms with van der Waals surface area (Å²) in [4.78, 5) is 23.5. The van der Waals surface area contributed by atoms with Crippen LogP contribution in [0.1, 0.15) is 43.2 Å². The van der Waals surface area contributed by atoms with Gasteiger partial charge >= 0.3 is 5.97 Å². The van der Waals surface area contributed by atoms with Crippen LogP contribution in [0.15, 0.2) is 60.7 Å². The number of esters is 1. The Labute approximate surface area is 143 Å². The summed E-state index contributed by atoms with van der Waals surface area (Å²) in [6.07, 6.45) is 3.97. The Hall–Kier alpha value is -2.42. The summed E-state index contributed by atoms with van der Waals surface area (Å²) < 4.78 is 5.23. The van der Waals surface area contributed by atoms with Crippen molar-refractivity contribution >= 4 is 11.8 Å². The van der Waals surface area contributed by atoms with Gasteiger partial charge in [0.05, 0.1) is 0 Å². The molecule has 0 radical (unpaired) electrons. The number of hydrogen-bond acceptors (Lipinski definition) is 3. The van der Waals surface area contributed by atoms with Crippen molar-refractivity contribution in [3.05, 3.63) is 71.8 Å². The summed E-state index contributed by atoms with van der Waals surface area (Å²) in [5.41, 5.74) is 2.06. The third-order valence-electron chi connectivity index (χ3n) is 3.82. The maximum absolute atomic E-state index is 11.9. The summed E-state index contributed by atoms with van der Waals surface area (Å²) in [7, 11) is 0. The van der Waals surface area contributed by atoms with Crippen LogP contribution in [-0.4, -0.2) is 11.8 Å². The molecule has 2 aromatic rings. The molecule has 0 saturated carbocycles. The Bertz CT molecular complexity index is 620. The van der Waals surface area contributed by atoms with Gasteiger partial charge in [-0.2, -0.15) is 0 Å². The molecule has 0 aliphatic carbocycles. The van der Waals surface area contributed by atoms with E-state index in [9.17, 15) is 9.59 Å². The van der Waals surface area contributed by atoms with Crippen molar-refractivity contribution < 1.29 is 14.3 Å². The van der Waals surface area contributed by atoms with Crippen molar-refractivity contribution in [2.45, 2.75) is 45.1 Å². The van der Waals surface area contributed by atoms with Crippen molar-refractivity contribution in [3.8, 4) is 0 Å². The minimum Gasteiger partial charge on any atom is -0.461 e. The lowest BCUT2D eigenvalue weighted by Crippen LogP contribution is -2.05. The van der Waals surface area contributed by atoms with Crippen LogP contribution in [0, 0.1) is 0 Å². The van der Waals surface area contributed by atoms with Gasteiger partial charge in [-0.25, -0.2) is 0 Å². The Morgan fingerprint density at radius 1 is 0.708 bits per heavy atom. The third-order valence-corrected chi connectivity index (χ3v) is 3.82. The van der Waals surface area contributed by atoms with Gasteiger partial charge in [0.15, 0.2) is 0 Å². The average Bonchev–Trinajstić information content (AvgIpc) is 2.61. The van der Waals surface area contributed by atoms with E-state index in [1.165, 1.54) is 0 Å². The number of unbranched alkanes of at least 4 members (excludes halogenated alkanes) is 2. The molecular formula is C21H24O3. The Morgan fingerprint density at radius 2 is 1.29 bits per heavy atom. The molecule has 0 saturated heterocycles. The van der Waals surface area contributed by atoms with E-state index in [0.717, 1.165) is 30.4 Å². The standard InChI is InChI=1S/C21H24O3/c22-20(16-18-10-4-1-5-11-18)14-8-3-9-15-21(23)24-17-19-12-6-2-7-13-19/h1-2,4-7,10-13H,3,8-9,14-17H2. The molecule has 24 heavy (non-hydrogen) atoms. The maximum atomic E-state index is 11.9. The third kappa shape index (κ3) is 7.23. The van der Waals surface area contributed by atoms with Gasteiger partial charge < -0.3 is 4.74 Å². The summed E-state index contributed by atoms with van der Waals surface area (Å²) in [6.45, 7) is 0.329. The van der Waals surface area contributed by atoms with E-state index in [4.69, 9.17) is 4.74 Å². The van der Waals surface area contributed by atoms with E-state index in [1.54, 1.807) is 0 Å². The second-order valence-corrected chi connectivity index (χ2v) is 5.91. The molecule has 0 aromatic heterocycles. The van der Waals surface area contributed by atoms with Crippen LogP contribution in [0.3, 0.4) is 0 Å². The highest BCUT2D eigenvalue weighted by Gasteiger charge is 2.06. The van der Waals surface area contributed by atoms with Gasteiger partial charge in [0.2, 0.25) is 0 Å². The van der Waals surface area contributed by atoms with E-state index in [0.29, 0.717) is 25.9 Å². The van der Waals surface area contributed by atoms with E-state index >= 15 is 0 Å². The molecule has 126 valence electrons.